The molecule has 0 fully saturated rings. The van der Waals surface area contributed by atoms with E-state index in [0.717, 1.165) is 12.2 Å². The molecule has 0 unspecified atom stereocenters. The highest BCUT2D eigenvalue weighted by molar-refractivity contribution is 7.98. The molecule has 0 spiro atoms. The lowest BCUT2D eigenvalue weighted by Gasteiger charge is -2.07. The van der Waals surface area contributed by atoms with E-state index in [1.54, 1.807) is 30.0 Å². The molecule has 0 aliphatic rings. The molecule has 94 valence electrons. The Kier molecular flexibility index (Phi) is 5.69. The van der Waals surface area contributed by atoms with Crippen LogP contribution in [0.4, 0.5) is 5.69 Å². The first-order chi connectivity index (χ1) is 8.19. The number of nitrogen functional groups attached to an aromatic ring is 1. The molecule has 4 nitrogen and oxygen atoms in total. The second-order valence-corrected chi connectivity index (χ2v) is 4.42. The fraction of sp³-hybridized carbons (Fsp3) is 0.417. The molecule has 0 amide bonds. The zero-order chi connectivity index (χ0) is 12.7. The quantitative estimate of drug-likeness (QED) is 0.479. The van der Waals surface area contributed by atoms with Gasteiger partial charge < -0.3 is 15.2 Å². The zero-order valence-corrected chi connectivity index (χ0v) is 10.9. The lowest BCUT2D eigenvalue weighted by molar-refractivity contribution is 0.0506. The molecule has 0 heterocycles. The summed E-state index contributed by atoms with van der Waals surface area (Å²) < 4.78 is 10.2. The molecule has 0 aromatic heterocycles. The average molecular weight is 255 g/mol. The molecule has 5 heteroatoms. The van der Waals surface area contributed by atoms with Crippen molar-refractivity contribution in [2.75, 3.05) is 31.5 Å². The van der Waals surface area contributed by atoms with Gasteiger partial charge >= 0.3 is 5.97 Å². The Labute approximate surface area is 105 Å². The molecule has 1 rings (SSSR count). The van der Waals surface area contributed by atoms with Crippen LogP contribution in [0.5, 0.6) is 5.75 Å². The van der Waals surface area contributed by atoms with Gasteiger partial charge in [0.05, 0.1) is 25.0 Å². The minimum atomic E-state index is -0.343. The van der Waals surface area contributed by atoms with Gasteiger partial charge in [-0.3, -0.25) is 0 Å². The van der Waals surface area contributed by atoms with Crippen molar-refractivity contribution >= 4 is 23.4 Å². The van der Waals surface area contributed by atoms with Crippen LogP contribution in [-0.4, -0.2) is 31.7 Å². The fourth-order valence-corrected chi connectivity index (χ4v) is 1.70. The summed E-state index contributed by atoms with van der Waals surface area (Å²) in [6, 6.07) is 4.86. The minimum absolute atomic E-state index is 0.343. The lowest BCUT2D eigenvalue weighted by Crippen LogP contribution is -2.07. The summed E-state index contributed by atoms with van der Waals surface area (Å²) in [7, 11) is 1.51. The highest BCUT2D eigenvalue weighted by Crippen LogP contribution is 2.22. The highest BCUT2D eigenvalue weighted by Gasteiger charge is 2.09. The van der Waals surface area contributed by atoms with Gasteiger partial charge in [-0.05, 0) is 36.6 Å². The third kappa shape index (κ3) is 4.19. The Morgan fingerprint density at radius 3 is 2.88 bits per heavy atom. The molecule has 17 heavy (non-hydrogen) atoms. The van der Waals surface area contributed by atoms with Crippen LogP contribution in [0.25, 0.3) is 0 Å². The van der Waals surface area contributed by atoms with E-state index < -0.39 is 0 Å². The summed E-state index contributed by atoms with van der Waals surface area (Å²) in [5, 5.41) is 0. The van der Waals surface area contributed by atoms with Crippen molar-refractivity contribution in [3.8, 4) is 5.75 Å². The van der Waals surface area contributed by atoms with Crippen LogP contribution in [0.3, 0.4) is 0 Å². The van der Waals surface area contributed by atoms with Crippen molar-refractivity contribution in [2.45, 2.75) is 6.42 Å². The van der Waals surface area contributed by atoms with Gasteiger partial charge in [-0.1, -0.05) is 0 Å². The number of carbonyl (C=O) groups is 1. The number of nitrogens with two attached hydrogens (primary N) is 1. The molecule has 0 saturated carbocycles. The van der Waals surface area contributed by atoms with Crippen molar-refractivity contribution in [3.05, 3.63) is 23.8 Å². The molecule has 1 aromatic rings. The standard InChI is InChI=1S/C12H17NO3S/c1-15-11-8-9(4-5-10(11)13)12(14)16-6-3-7-17-2/h4-5,8H,3,6-7,13H2,1-2H3. The van der Waals surface area contributed by atoms with Gasteiger partial charge in [0.15, 0.2) is 0 Å². The van der Waals surface area contributed by atoms with E-state index in [0.29, 0.717) is 23.6 Å². The smallest absolute Gasteiger partial charge is 0.338 e. The number of benzene rings is 1. The second kappa shape index (κ2) is 7.06. The summed E-state index contributed by atoms with van der Waals surface area (Å²) >= 11 is 1.73. The Hall–Kier alpha value is -1.36. The van der Waals surface area contributed by atoms with E-state index in [1.807, 2.05) is 6.26 Å². The molecule has 1 aromatic carbocycles. The summed E-state index contributed by atoms with van der Waals surface area (Å²) in [6.07, 6.45) is 2.88. The third-order valence-electron chi connectivity index (χ3n) is 2.20. The first kappa shape index (κ1) is 13.7. The van der Waals surface area contributed by atoms with Crippen molar-refractivity contribution in [1.82, 2.24) is 0 Å². The van der Waals surface area contributed by atoms with Gasteiger partial charge in [-0.2, -0.15) is 11.8 Å². The molecular formula is C12H17NO3S. The van der Waals surface area contributed by atoms with Crippen molar-refractivity contribution < 1.29 is 14.3 Å². The topological polar surface area (TPSA) is 61.5 Å². The summed E-state index contributed by atoms with van der Waals surface area (Å²) in [4.78, 5) is 11.7. The van der Waals surface area contributed by atoms with Gasteiger partial charge in [-0.25, -0.2) is 4.79 Å². The van der Waals surface area contributed by atoms with Crippen LogP contribution in [0.1, 0.15) is 16.8 Å². The maximum atomic E-state index is 11.7. The molecule has 0 aliphatic carbocycles. The zero-order valence-electron chi connectivity index (χ0n) is 10.1. The first-order valence-corrected chi connectivity index (χ1v) is 6.68. The van der Waals surface area contributed by atoms with Gasteiger partial charge in [0.1, 0.15) is 5.75 Å². The highest BCUT2D eigenvalue weighted by atomic mass is 32.2. The molecule has 0 radical (unpaired) electrons. The van der Waals surface area contributed by atoms with Gasteiger partial charge in [0.25, 0.3) is 0 Å². The number of thioether (sulfide) groups is 1. The third-order valence-corrected chi connectivity index (χ3v) is 2.89. The number of carbonyl (C=O) groups excluding carboxylic acids is 1. The number of anilines is 1. The lowest BCUT2D eigenvalue weighted by atomic mass is 10.2. The minimum Gasteiger partial charge on any atom is -0.495 e. The van der Waals surface area contributed by atoms with E-state index in [9.17, 15) is 4.79 Å². The van der Waals surface area contributed by atoms with E-state index in [2.05, 4.69) is 0 Å². The Bertz CT molecular complexity index is 382. The molecule has 0 bridgehead atoms. The number of hydrogen-bond donors (Lipinski definition) is 1. The Balaban J connectivity index is 2.57. The molecule has 0 atom stereocenters. The molecular weight excluding hydrogens is 238 g/mol. The van der Waals surface area contributed by atoms with E-state index in [1.165, 1.54) is 7.11 Å². The van der Waals surface area contributed by atoms with Crippen LogP contribution in [-0.2, 0) is 4.74 Å². The largest absolute Gasteiger partial charge is 0.495 e. The van der Waals surface area contributed by atoms with Gasteiger partial charge in [-0.15, -0.1) is 0 Å². The van der Waals surface area contributed by atoms with Crippen molar-refractivity contribution in [2.24, 2.45) is 0 Å². The maximum absolute atomic E-state index is 11.7. The van der Waals surface area contributed by atoms with Crippen LogP contribution < -0.4 is 10.5 Å². The van der Waals surface area contributed by atoms with Crippen LogP contribution >= 0.6 is 11.8 Å². The monoisotopic (exact) mass is 255 g/mol. The van der Waals surface area contributed by atoms with E-state index in [4.69, 9.17) is 15.2 Å². The summed E-state index contributed by atoms with van der Waals surface area (Å²) in [5.41, 5.74) is 6.62. The average Bonchev–Trinajstić information content (AvgIpc) is 2.35. The summed E-state index contributed by atoms with van der Waals surface area (Å²) in [6.45, 7) is 0.437. The maximum Gasteiger partial charge on any atom is 0.338 e. The van der Waals surface area contributed by atoms with E-state index in [-0.39, 0.29) is 5.97 Å². The number of rotatable bonds is 6. The van der Waals surface area contributed by atoms with Crippen LogP contribution in [0.2, 0.25) is 0 Å². The number of esters is 1. The Morgan fingerprint density at radius 1 is 1.47 bits per heavy atom. The van der Waals surface area contributed by atoms with Gasteiger partial charge in [0.2, 0.25) is 0 Å². The van der Waals surface area contributed by atoms with Gasteiger partial charge in [0, 0.05) is 0 Å². The van der Waals surface area contributed by atoms with Crippen molar-refractivity contribution in [1.29, 1.82) is 0 Å². The van der Waals surface area contributed by atoms with Crippen LogP contribution in [0.15, 0.2) is 18.2 Å². The second-order valence-electron chi connectivity index (χ2n) is 3.44. The van der Waals surface area contributed by atoms with E-state index >= 15 is 0 Å². The number of ether oxygens (including phenoxy) is 2. The van der Waals surface area contributed by atoms with Crippen LogP contribution in [0, 0.1) is 0 Å². The predicted molar refractivity (Wildman–Crippen MR) is 70.7 cm³/mol. The first-order valence-electron chi connectivity index (χ1n) is 5.28. The number of methoxy groups -OCH3 is 1. The molecule has 0 saturated heterocycles. The SMILES string of the molecule is COc1cc(C(=O)OCCCSC)ccc1N. The fourth-order valence-electron chi connectivity index (χ4n) is 1.29. The summed E-state index contributed by atoms with van der Waals surface area (Å²) in [5.74, 6) is 1.13. The predicted octanol–water partition coefficient (Wildman–Crippen LogP) is 2.19. The molecule has 0 aliphatic heterocycles. The Morgan fingerprint density at radius 2 is 2.24 bits per heavy atom. The molecule has 2 N–H and O–H groups in total. The van der Waals surface area contributed by atoms with Crippen molar-refractivity contribution in [3.63, 3.8) is 0 Å². The normalized spacial score (nSPS) is 10.0. The number of hydrogen-bond acceptors (Lipinski definition) is 5.